The van der Waals surface area contributed by atoms with Crippen molar-refractivity contribution in [3.05, 3.63) is 0 Å². The maximum absolute atomic E-state index is 12.6. The fourth-order valence-corrected chi connectivity index (χ4v) is 3.51. The van der Waals surface area contributed by atoms with Crippen molar-refractivity contribution in [3.8, 4) is 0 Å². The Balaban J connectivity index is 1.93. The van der Waals surface area contributed by atoms with E-state index in [1.807, 2.05) is 11.8 Å². The Bertz CT molecular complexity index is 254. The van der Waals surface area contributed by atoms with Crippen LogP contribution in [0.2, 0.25) is 0 Å². The van der Waals surface area contributed by atoms with E-state index in [-0.39, 0.29) is 11.9 Å². The molecule has 2 bridgehead atoms. The van der Waals surface area contributed by atoms with Gasteiger partial charge < -0.3 is 4.90 Å². The predicted octanol–water partition coefficient (Wildman–Crippen LogP) is 1.75. The van der Waals surface area contributed by atoms with Crippen LogP contribution >= 0.6 is 11.8 Å². The molecule has 2 fully saturated rings. The van der Waals surface area contributed by atoms with Crippen LogP contribution in [0.15, 0.2) is 0 Å². The highest BCUT2D eigenvalue weighted by Crippen LogP contribution is 2.38. The molecule has 0 aromatic carbocycles. The van der Waals surface area contributed by atoms with Crippen LogP contribution in [0.4, 0.5) is 8.78 Å². The SMILES string of the molecule is CC(F)(F)CC(=O)N1C[C@@H]2C[C@H]1CS2. The van der Waals surface area contributed by atoms with Gasteiger partial charge in [-0.05, 0) is 13.3 Å². The standard InChI is InChI=1S/C9H13F2NOS/c1-9(10,11)3-8(13)12-4-7-2-6(12)5-14-7/h6-7H,2-5H2,1H3/t6-,7-/m0/s1. The quantitative estimate of drug-likeness (QED) is 0.708. The Kier molecular flexibility index (Phi) is 2.45. The van der Waals surface area contributed by atoms with E-state index in [2.05, 4.69) is 0 Å². The van der Waals surface area contributed by atoms with Gasteiger partial charge >= 0.3 is 0 Å². The molecule has 2 heterocycles. The van der Waals surface area contributed by atoms with Crippen molar-refractivity contribution in [2.75, 3.05) is 12.3 Å². The molecule has 0 unspecified atom stereocenters. The lowest BCUT2D eigenvalue weighted by Crippen LogP contribution is -2.41. The topological polar surface area (TPSA) is 20.3 Å². The number of hydrogen-bond donors (Lipinski definition) is 0. The minimum atomic E-state index is -2.87. The molecule has 0 radical (unpaired) electrons. The molecule has 2 aliphatic heterocycles. The molecule has 2 rings (SSSR count). The lowest BCUT2D eigenvalue weighted by molar-refractivity contribution is -0.138. The normalized spacial score (nSPS) is 31.2. The number of carbonyl (C=O) groups is 1. The fourth-order valence-electron chi connectivity index (χ4n) is 2.07. The fraction of sp³-hybridized carbons (Fsp3) is 0.889. The van der Waals surface area contributed by atoms with Gasteiger partial charge in [0, 0.05) is 23.6 Å². The van der Waals surface area contributed by atoms with Crippen molar-refractivity contribution in [3.63, 3.8) is 0 Å². The minimum Gasteiger partial charge on any atom is -0.338 e. The molecule has 80 valence electrons. The smallest absolute Gasteiger partial charge is 0.254 e. The van der Waals surface area contributed by atoms with E-state index < -0.39 is 12.3 Å². The summed E-state index contributed by atoms with van der Waals surface area (Å²) in [6, 6.07) is 0.222. The third-order valence-corrected chi connectivity index (χ3v) is 4.07. The van der Waals surface area contributed by atoms with Gasteiger partial charge in [0.2, 0.25) is 5.91 Å². The Morgan fingerprint density at radius 1 is 1.64 bits per heavy atom. The minimum absolute atomic E-state index is 0.222. The third-order valence-electron chi connectivity index (χ3n) is 2.68. The largest absolute Gasteiger partial charge is 0.338 e. The van der Waals surface area contributed by atoms with Crippen molar-refractivity contribution in [1.29, 1.82) is 0 Å². The van der Waals surface area contributed by atoms with Gasteiger partial charge in [0.05, 0.1) is 6.42 Å². The molecule has 0 saturated carbocycles. The number of amides is 1. The highest BCUT2D eigenvalue weighted by atomic mass is 32.2. The molecular formula is C9H13F2NOS. The number of thioether (sulfide) groups is 1. The number of halogens is 2. The van der Waals surface area contributed by atoms with E-state index in [0.717, 1.165) is 19.1 Å². The second-order valence-corrected chi connectivity index (χ2v) is 5.47. The Hall–Kier alpha value is -0.320. The van der Waals surface area contributed by atoms with Crippen LogP contribution < -0.4 is 0 Å². The van der Waals surface area contributed by atoms with Crippen LogP contribution in [0.5, 0.6) is 0 Å². The van der Waals surface area contributed by atoms with Crippen LogP contribution in [0.25, 0.3) is 0 Å². The van der Waals surface area contributed by atoms with Gasteiger partial charge in [0.1, 0.15) is 0 Å². The van der Waals surface area contributed by atoms with E-state index in [9.17, 15) is 13.6 Å². The van der Waals surface area contributed by atoms with Crippen molar-refractivity contribution in [2.45, 2.75) is 37.0 Å². The molecule has 0 aromatic heterocycles. The first-order chi connectivity index (χ1) is 6.46. The van der Waals surface area contributed by atoms with Gasteiger partial charge in [-0.2, -0.15) is 11.8 Å². The Morgan fingerprint density at radius 3 is 2.79 bits per heavy atom. The lowest BCUT2D eigenvalue weighted by atomic mass is 10.2. The Labute approximate surface area is 86.0 Å². The van der Waals surface area contributed by atoms with E-state index in [0.29, 0.717) is 11.8 Å². The number of nitrogens with zero attached hydrogens (tertiary/aromatic N) is 1. The second-order valence-electron chi connectivity index (χ2n) is 4.14. The van der Waals surface area contributed by atoms with Crippen LogP contribution in [0.3, 0.4) is 0 Å². The summed E-state index contributed by atoms with van der Waals surface area (Å²) in [5.41, 5.74) is 0. The number of hydrogen-bond acceptors (Lipinski definition) is 2. The molecule has 1 amide bonds. The lowest BCUT2D eigenvalue weighted by Gasteiger charge is -2.27. The number of rotatable bonds is 2. The van der Waals surface area contributed by atoms with Gasteiger partial charge in [-0.15, -0.1) is 0 Å². The van der Waals surface area contributed by atoms with Gasteiger partial charge in [-0.1, -0.05) is 0 Å². The van der Waals surface area contributed by atoms with E-state index in [1.54, 1.807) is 4.90 Å². The van der Waals surface area contributed by atoms with Gasteiger partial charge in [0.15, 0.2) is 0 Å². The van der Waals surface area contributed by atoms with E-state index >= 15 is 0 Å². The molecule has 5 heteroatoms. The van der Waals surface area contributed by atoms with Gasteiger partial charge in [-0.25, -0.2) is 8.78 Å². The molecule has 0 N–H and O–H groups in total. The van der Waals surface area contributed by atoms with Gasteiger partial charge in [-0.3, -0.25) is 4.79 Å². The third kappa shape index (κ3) is 2.02. The first kappa shape index (κ1) is 10.2. The maximum Gasteiger partial charge on any atom is 0.254 e. The van der Waals surface area contributed by atoms with Crippen LogP contribution in [0.1, 0.15) is 19.8 Å². The summed E-state index contributed by atoms with van der Waals surface area (Å²) in [5.74, 6) is -2.33. The highest BCUT2D eigenvalue weighted by Gasteiger charge is 2.42. The second kappa shape index (κ2) is 3.36. The number of alkyl halides is 2. The number of fused-ring (bicyclic) bond motifs is 2. The zero-order chi connectivity index (χ0) is 10.3. The van der Waals surface area contributed by atoms with Crippen molar-refractivity contribution in [1.82, 2.24) is 4.90 Å². The summed E-state index contributed by atoms with van der Waals surface area (Å²) in [7, 11) is 0. The van der Waals surface area contributed by atoms with Crippen molar-refractivity contribution in [2.24, 2.45) is 0 Å². The molecule has 14 heavy (non-hydrogen) atoms. The number of likely N-dealkylation sites (tertiary alicyclic amines) is 1. The summed E-state index contributed by atoms with van der Waals surface area (Å²) in [6.45, 7) is 1.47. The summed E-state index contributed by atoms with van der Waals surface area (Å²) < 4.78 is 25.2. The molecule has 2 atom stereocenters. The molecule has 0 aromatic rings. The zero-order valence-electron chi connectivity index (χ0n) is 8.00. The molecule has 2 aliphatic rings. The monoisotopic (exact) mass is 221 g/mol. The molecule has 2 nitrogen and oxygen atoms in total. The van der Waals surface area contributed by atoms with Crippen molar-refractivity contribution >= 4 is 17.7 Å². The maximum atomic E-state index is 12.6. The van der Waals surface area contributed by atoms with Gasteiger partial charge in [0.25, 0.3) is 5.92 Å². The molecular weight excluding hydrogens is 208 g/mol. The van der Waals surface area contributed by atoms with Crippen LogP contribution in [0, 0.1) is 0 Å². The first-order valence-corrected chi connectivity index (χ1v) is 5.79. The summed E-state index contributed by atoms with van der Waals surface area (Å²) in [5, 5.41) is 0.495. The Morgan fingerprint density at radius 2 is 2.36 bits per heavy atom. The van der Waals surface area contributed by atoms with Crippen LogP contribution in [-0.2, 0) is 4.79 Å². The van der Waals surface area contributed by atoms with E-state index in [4.69, 9.17) is 0 Å². The van der Waals surface area contributed by atoms with E-state index in [1.165, 1.54) is 0 Å². The first-order valence-electron chi connectivity index (χ1n) is 4.74. The zero-order valence-corrected chi connectivity index (χ0v) is 8.82. The average Bonchev–Trinajstić information content (AvgIpc) is 2.59. The van der Waals surface area contributed by atoms with Crippen molar-refractivity contribution < 1.29 is 13.6 Å². The summed E-state index contributed by atoms with van der Waals surface area (Å²) >= 11 is 1.85. The summed E-state index contributed by atoms with van der Waals surface area (Å²) in [6.07, 6.45) is 0.354. The average molecular weight is 221 g/mol. The molecule has 0 spiro atoms. The molecule has 0 aliphatic carbocycles. The highest BCUT2D eigenvalue weighted by molar-refractivity contribution is 8.00. The number of carbonyl (C=O) groups excluding carboxylic acids is 1. The van der Waals surface area contributed by atoms with Crippen LogP contribution in [-0.4, -0.2) is 40.3 Å². The summed E-state index contributed by atoms with van der Waals surface area (Å²) in [4.78, 5) is 13.1. The predicted molar refractivity (Wildman–Crippen MR) is 51.6 cm³/mol. The molecule has 2 saturated heterocycles.